The summed E-state index contributed by atoms with van der Waals surface area (Å²) in [5.41, 5.74) is 1.30. The predicted molar refractivity (Wildman–Crippen MR) is 64.3 cm³/mol. The van der Waals surface area contributed by atoms with Gasteiger partial charge in [0.1, 0.15) is 0 Å². The molecule has 0 aliphatic heterocycles. The van der Waals surface area contributed by atoms with Crippen molar-refractivity contribution in [2.75, 3.05) is 12.4 Å². The summed E-state index contributed by atoms with van der Waals surface area (Å²) in [5, 5.41) is 7.62. The highest BCUT2D eigenvalue weighted by molar-refractivity contribution is 6.18. The second-order valence-corrected chi connectivity index (χ2v) is 4.44. The minimum absolute atomic E-state index is 0.0557. The first-order valence-corrected chi connectivity index (χ1v) is 5.92. The third-order valence-corrected chi connectivity index (χ3v) is 3.52. The van der Waals surface area contributed by atoms with Crippen molar-refractivity contribution in [2.45, 2.75) is 32.2 Å². The van der Waals surface area contributed by atoms with Crippen LogP contribution in [0.4, 0.5) is 0 Å². The van der Waals surface area contributed by atoms with E-state index in [0.29, 0.717) is 5.88 Å². The van der Waals surface area contributed by atoms with Gasteiger partial charge in [-0.3, -0.25) is 4.68 Å². The number of alkyl halides is 1. The standard InChI is InChI=1S/C11H20ClN3/c1-4-11(2,9-12)13-7-5-10-6-8-14-15(10)3/h6,8,13H,4-5,7,9H2,1-3H3. The van der Waals surface area contributed by atoms with Crippen molar-refractivity contribution in [1.29, 1.82) is 0 Å². The molecule has 0 aliphatic carbocycles. The molecule has 86 valence electrons. The molecule has 0 aliphatic rings. The smallest absolute Gasteiger partial charge is 0.0492 e. The Kier molecular flexibility index (Phi) is 4.61. The van der Waals surface area contributed by atoms with Gasteiger partial charge in [-0.1, -0.05) is 6.92 Å². The number of aryl methyl sites for hydroxylation is 1. The maximum Gasteiger partial charge on any atom is 0.0492 e. The molecule has 0 saturated heterocycles. The molecule has 1 atom stereocenters. The molecule has 0 aromatic carbocycles. The van der Waals surface area contributed by atoms with E-state index in [1.165, 1.54) is 5.69 Å². The number of aromatic nitrogens is 2. The van der Waals surface area contributed by atoms with Crippen LogP contribution in [0.1, 0.15) is 26.0 Å². The molecule has 0 radical (unpaired) electrons. The van der Waals surface area contributed by atoms with Crippen molar-refractivity contribution < 1.29 is 0 Å². The van der Waals surface area contributed by atoms with E-state index in [4.69, 9.17) is 11.6 Å². The Morgan fingerprint density at radius 2 is 2.33 bits per heavy atom. The zero-order chi connectivity index (χ0) is 11.3. The number of nitrogens with zero attached hydrogens (tertiary/aromatic N) is 2. The Morgan fingerprint density at radius 3 is 2.80 bits per heavy atom. The predicted octanol–water partition coefficient (Wildman–Crippen LogP) is 1.96. The lowest BCUT2D eigenvalue weighted by Crippen LogP contribution is -2.44. The Morgan fingerprint density at radius 1 is 1.60 bits per heavy atom. The minimum Gasteiger partial charge on any atom is -0.310 e. The van der Waals surface area contributed by atoms with Crippen LogP contribution < -0.4 is 5.32 Å². The van der Waals surface area contributed by atoms with E-state index in [0.717, 1.165) is 19.4 Å². The Labute approximate surface area is 96.8 Å². The molecule has 1 aromatic rings. The highest BCUT2D eigenvalue weighted by Gasteiger charge is 2.19. The van der Waals surface area contributed by atoms with Crippen LogP contribution in [0, 0.1) is 0 Å². The van der Waals surface area contributed by atoms with Gasteiger partial charge in [0.2, 0.25) is 0 Å². The normalized spacial score (nSPS) is 15.2. The first-order valence-electron chi connectivity index (χ1n) is 5.39. The topological polar surface area (TPSA) is 29.9 Å². The Balaban J connectivity index is 2.36. The molecular weight excluding hydrogens is 210 g/mol. The zero-order valence-electron chi connectivity index (χ0n) is 9.76. The van der Waals surface area contributed by atoms with Crippen LogP contribution in [0.3, 0.4) is 0 Å². The fourth-order valence-corrected chi connectivity index (χ4v) is 1.69. The monoisotopic (exact) mass is 229 g/mol. The van der Waals surface area contributed by atoms with Gasteiger partial charge in [-0.2, -0.15) is 5.10 Å². The van der Waals surface area contributed by atoms with Gasteiger partial charge in [0.05, 0.1) is 0 Å². The van der Waals surface area contributed by atoms with Gasteiger partial charge in [-0.05, 0) is 19.4 Å². The fourth-order valence-electron chi connectivity index (χ4n) is 1.41. The largest absolute Gasteiger partial charge is 0.310 e. The van der Waals surface area contributed by atoms with Crippen LogP contribution in [0.2, 0.25) is 0 Å². The van der Waals surface area contributed by atoms with E-state index in [9.17, 15) is 0 Å². The van der Waals surface area contributed by atoms with Gasteiger partial charge in [-0.25, -0.2) is 0 Å². The summed E-state index contributed by atoms with van der Waals surface area (Å²) in [7, 11) is 1.97. The van der Waals surface area contributed by atoms with Gasteiger partial charge in [0, 0.05) is 43.3 Å². The van der Waals surface area contributed by atoms with E-state index in [-0.39, 0.29) is 5.54 Å². The van der Waals surface area contributed by atoms with Crippen molar-refractivity contribution >= 4 is 11.6 Å². The quantitative estimate of drug-likeness (QED) is 0.756. The average molecular weight is 230 g/mol. The maximum absolute atomic E-state index is 5.92. The van der Waals surface area contributed by atoms with Crippen LogP contribution in [0.15, 0.2) is 12.3 Å². The van der Waals surface area contributed by atoms with Crippen LogP contribution in [0.5, 0.6) is 0 Å². The molecule has 4 heteroatoms. The van der Waals surface area contributed by atoms with Gasteiger partial charge < -0.3 is 5.32 Å². The molecular formula is C11H20ClN3. The van der Waals surface area contributed by atoms with Crippen molar-refractivity contribution in [3.8, 4) is 0 Å². The number of rotatable bonds is 6. The summed E-state index contributed by atoms with van der Waals surface area (Å²) in [4.78, 5) is 0. The molecule has 0 spiro atoms. The molecule has 0 fully saturated rings. The average Bonchev–Trinajstić information content (AvgIpc) is 2.64. The number of nitrogens with one attached hydrogen (secondary N) is 1. The maximum atomic E-state index is 5.92. The molecule has 3 nitrogen and oxygen atoms in total. The molecule has 0 amide bonds. The van der Waals surface area contributed by atoms with E-state index < -0.39 is 0 Å². The Hall–Kier alpha value is -0.540. The summed E-state index contributed by atoms with van der Waals surface area (Å²) in [6.45, 7) is 5.25. The van der Waals surface area contributed by atoms with Gasteiger partial charge >= 0.3 is 0 Å². The minimum atomic E-state index is 0.0557. The molecule has 1 N–H and O–H groups in total. The number of hydrogen-bond acceptors (Lipinski definition) is 2. The van der Waals surface area contributed by atoms with Gasteiger partial charge in [0.25, 0.3) is 0 Å². The first-order chi connectivity index (χ1) is 7.11. The zero-order valence-corrected chi connectivity index (χ0v) is 10.5. The number of hydrogen-bond donors (Lipinski definition) is 1. The molecule has 0 saturated carbocycles. The van der Waals surface area contributed by atoms with E-state index >= 15 is 0 Å². The fraction of sp³-hybridized carbons (Fsp3) is 0.727. The lowest BCUT2D eigenvalue weighted by atomic mass is 10.0. The van der Waals surface area contributed by atoms with E-state index in [1.54, 1.807) is 0 Å². The summed E-state index contributed by atoms with van der Waals surface area (Å²) < 4.78 is 1.91. The van der Waals surface area contributed by atoms with Gasteiger partial charge in [0.15, 0.2) is 0 Å². The first kappa shape index (κ1) is 12.5. The molecule has 1 heterocycles. The molecule has 1 unspecified atom stereocenters. The molecule has 15 heavy (non-hydrogen) atoms. The molecule has 1 aromatic heterocycles. The molecule has 1 rings (SSSR count). The van der Waals surface area contributed by atoms with Crippen molar-refractivity contribution in [3.63, 3.8) is 0 Å². The van der Waals surface area contributed by atoms with Crippen molar-refractivity contribution in [1.82, 2.24) is 15.1 Å². The third-order valence-electron chi connectivity index (χ3n) is 2.93. The van der Waals surface area contributed by atoms with Crippen LogP contribution in [0.25, 0.3) is 0 Å². The van der Waals surface area contributed by atoms with Gasteiger partial charge in [-0.15, -0.1) is 11.6 Å². The number of halogens is 1. The Bertz CT molecular complexity index is 292. The van der Waals surface area contributed by atoms with Crippen molar-refractivity contribution in [2.24, 2.45) is 7.05 Å². The summed E-state index contributed by atoms with van der Waals surface area (Å²) in [6.07, 6.45) is 3.86. The third kappa shape index (κ3) is 3.50. The molecule has 0 bridgehead atoms. The second-order valence-electron chi connectivity index (χ2n) is 4.17. The highest BCUT2D eigenvalue weighted by Crippen LogP contribution is 2.11. The summed E-state index contributed by atoms with van der Waals surface area (Å²) in [6, 6.07) is 2.05. The highest BCUT2D eigenvalue weighted by atomic mass is 35.5. The van der Waals surface area contributed by atoms with E-state index in [1.807, 2.05) is 24.0 Å². The SMILES string of the molecule is CCC(C)(CCl)NCCc1ccnn1C. The van der Waals surface area contributed by atoms with Crippen molar-refractivity contribution in [3.05, 3.63) is 18.0 Å². The van der Waals surface area contributed by atoms with Crippen LogP contribution in [-0.2, 0) is 13.5 Å². The summed E-state index contributed by atoms with van der Waals surface area (Å²) in [5.74, 6) is 0.648. The second kappa shape index (κ2) is 5.52. The van der Waals surface area contributed by atoms with Crippen LogP contribution in [-0.4, -0.2) is 27.7 Å². The van der Waals surface area contributed by atoms with Crippen LogP contribution >= 0.6 is 11.6 Å². The lowest BCUT2D eigenvalue weighted by Gasteiger charge is -2.27. The summed E-state index contributed by atoms with van der Waals surface area (Å²) >= 11 is 5.92. The van der Waals surface area contributed by atoms with E-state index in [2.05, 4.69) is 24.3 Å². The lowest BCUT2D eigenvalue weighted by molar-refractivity contribution is 0.383.